The van der Waals surface area contributed by atoms with E-state index < -0.39 is 27.2 Å². The van der Waals surface area contributed by atoms with Crippen LogP contribution in [0.2, 0.25) is 0 Å². The summed E-state index contributed by atoms with van der Waals surface area (Å²) in [5.74, 6) is 0. The van der Waals surface area contributed by atoms with E-state index in [0.717, 1.165) is 46.4 Å². The van der Waals surface area contributed by atoms with Crippen molar-refractivity contribution in [2.45, 2.75) is 38.3 Å². The van der Waals surface area contributed by atoms with Crippen molar-refractivity contribution >= 4 is 48.0 Å². The van der Waals surface area contributed by atoms with Gasteiger partial charge in [0.25, 0.3) is 0 Å². The van der Waals surface area contributed by atoms with Gasteiger partial charge < -0.3 is 4.98 Å². The van der Waals surface area contributed by atoms with E-state index in [1.807, 2.05) is 18.3 Å². The largest absolute Gasteiger partial charge is 0.416 e. The Morgan fingerprint density at radius 3 is 2.41 bits per heavy atom. The molecule has 2 aromatic carbocycles. The first kappa shape index (κ1) is 22.7. The smallest absolute Gasteiger partial charge is 0.359 e. The lowest BCUT2D eigenvalue weighted by Crippen LogP contribution is -2.24. The van der Waals surface area contributed by atoms with Crippen molar-refractivity contribution in [3.63, 3.8) is 0 Å². The van der Waals surface area contributed by atoms with E-state index >= 15 is 0 Å². The third-order valence-electron chi connectivity index (χ3n) is 6.05. The molecule has 32 heavy (non-hydrogen) atoms. The number of thiophene rings is 1. The van der Waals surface area contributed by atoms with Crippen LogP contribution in [0.5, 0.6) is 0 Å². The third kappa shape index (κ3) is 3.88. The number of aromatic nitrogens is 1. The number of hydrogen-bond acceptors (Lipinski definition) is 3. The van der Waals surface area contributed by atoms with Crippen LogP contribution in [0.3, 0.4) is 0 Å². The second-order valence-electron chi connectivity index (χ2n) is 7.95. The second kappa shape index (κ2) is 7.81. The van der Waals surface area contributed by atoms with Crippen LogP contribution in [0.15, 0.2) is 48.7 Å². The van der Waals surface area contributed by atoms with Crippen molar-refractivity contribution in [2.24, 2.45) is 0 Å². The SMILES string of the molecule is CCC(CC)(c1cc2ccc(C(F)(F)F)cc2s1)c1c[nH]c2c(NS(C)(=O)=O)cccc12. The fraction of sp³-hybridized carbons (Fsp3) is 0.304. The number of rotatable bonds is 6. The maximum atomic E-state index is 13.2. The first-order valence-corrected chi connectivity index (χ1v) is 12.9. The molecular formula is C23H23F3N2O2S2. The third-order valence-corrected chi connectivity index (χ3v) is 7.95. The van der Waals surface area contributed by atoms with Gasteiger partial charge in [-0.1, -0.05) is 32.0 Å². The number of fused-ring (bicyclic) bond motifs is 2. The van der Waals surface area contributed by atoms with E-state index in [0.29, 0.717) is 15.9 Å². The van der Waals surface area contributed by atoms with Crippen LogP contribution in [0, 0.1) is 0 Å². The number of H-pyrrole nitrogens is 1. The molecule has 0 amide bonds. The second-order valence-corrected chi connectivity index (χ2v) is 10.8. The number of hydrogen-bond donors (Lipinski definition) is 2. The zero-order valence-electron chi connectivity index (χ0n) is 17.8. The Labute approximate surface area is 188 Å². The summed E-state index contributed by atoms with van der Waals surface area (Å²) in [5, 5.41) is 1.67. The van der Waals surface area contributed by atoms with Gasteiger partial charge in [-0.3, -0.25) is 4.72 Å². The average molecular weight is 481 g/mol. The van der Waals surface area contributed by atoms with Crippen molar-refractivity contribution in [1.82, 2.24) is 4.98 Å². The number of halogens is 3. The van der Waals surface area contributed by atoms with E-state index in [1.165, 1.54) is 23.5 Å². The standard InChI is InChI=1S/C23H23F3N2O2S2/c1-4-22(5-2,20-11-14-9-10-15(23(24,25)26)12-19(14)31-20)17-13-27-21-16(17)7-6-8-18(21)28-32(3,29)30/h6-13,27-28H,4-5H2,1-3H3. The van der Waals surface area contributed by atoms with Crippen molar-refractivity contribution in [1.29, 1.82) is 0 Å². The first-order chi connectivity index (χ1) is 15.0. The molecule has 0 radical (unpaired) electrons. The Hall–Kier alpha value is -2.52. The molecule has 4 rings (SSSR count). The van der Waals surface area contributed by atoms with Crippen molar-refractivity contribution in [2.75, 3.05) is 11.0 Å². The highest BCUT2D eigenvalue weighted by Gasteiger charge is 2.36. The summed E-state index contributed by atoms with van der Waals surface area (Å²) in [6.45, 7) is 4.12. The van der Waals surface area contributed by atoms with Crippen LogP contribution < -0.4 is 4.72 Å². The van der Waals surface area contributed by atoms with Crippen LogP contribution in [0.25, 0.3) is 21.0 Å². The van der Waals surface area contributed by atoms with Gasteiger partial charge >= 0.3 is 6.18 Å². The minimum Gasteiger partial charge on any atom is -0.359 e. The van der Waals surface area contributed by atoms with E-state index in [-0.39, 0.29) is 0 Å². The van der Waals surface area contributed by atoms with E-state index in [2.05, 4.69) is 23.6 Å². The lowest BCUT2D eigenvalue weighted by atomic mass is 9.74. The molecule has 4 nitrogen and oxygen atoms in total. The molecule has 9 heteroatoms. The maximum Gasteiger partial charge on any atom is 0.416 e. The van der Waals surface area contributed by atoms with Gasteiger partial charge in [0.15, 0.2) is 0 Å². The normalized spacial score (nSPS) is 13.2. The summed E-state index contributed by atoms with van der Waals surface area (Å²) >= 11 is 1.38. The molecule has 0 spiro atoms. The number of anilines is 1. The number of benzene rings is 2. The Kier molecular flexibility index (Phi) is 5.53. The number of nitrogens with one attached hydrogen (secondary N) is 2. The molecule has 0 saturated carbocycles. The zero-order valence-corrected chi connectivity index (χ0v) is 19.4. The van der Waals surface area contributed by atoms with Crippen LogP contribution in [0.4, 0.5) is 18.9 Å². The molecule has 170 valence electrons. The van der Waals surface area contributed by atoms with Gasteiger partial charge in [-0.15, -0.1) is 11.3 Å². The summed E-state index contributed by atoms with van der Waals surface area (Å²) in [5.41, 5.74) is 1.06. The predicted octanol–water partition coefficient (Wildman–Crippen LogP) is 6.88. The highest BCUT2D eigenvalue weighted by molar-refractivity contribution is 7.92. The molecule has 2 aromatic heterocycles. The molecule has 0 aliphatic rings. The van der Waals surface area contributed by atoms with Gasteiger partial charge in [-0.25, -0.2) is 8.42 Å². The van der Waals surface area contributed by atoms with Crippen LogP contribution in [-0.4, -0.2) is 19.7 Å². The fourth-order valence-electron chi connectivity index (χ4n) is 4.39. The van der Waals surface area contributed by atoms with Gasteiger partial charge in [0.05, 0.1) is 23.0 Å². The van der Waals surface area contributed by atoms with E-state index in [1.54, 1.807) is 12.1 Å². The van der Waals surface area contributed by atoms with E-state index in [4.69, 9.17) is 0 Å². The van der Waals surface area contributed by atoms with Gasteiger partial charge in [-0.2, -0.15) is 13.2 Å². The molecule has 2 heterocycles. The summed E-state index contributed by atoms with van der Waals surface area (Å²) in [4.78, 5) is 4.20. The molecule has 0 fully saturated rings. The zero-order chi connectivity index (χ0) is 23.3. The minimum absolute atomic E-state index is 0.427. The summed E-state index contributed by atoms with van der Waals surface area (Å²) in [6, 6.07) is 11.3. The Morgan fingerprint density at radius 2 is 1.78 bits per heavy atom. The lowest BCUT2D eigenvalue weighted by molar-refractivity contribution is -0.137. The van der Waals surface area contributed by atoms with Crippen LogP contribution in [-0.2, 0) is 21.6 Å². The molecule has 4 aromatic rings. The lowest BCUT2D eigenvalue weighted by Gasteiger charge is -2.31. The number of para-hydroxylation sites is 1. The van der Waals surface area contributed by atoms with Crippen LogP contribution in [0.1, 0.15) is 42.7 Å². The number of sulfonamides is 1. The van der Waals surface area contributed by atoms with Crippen LogP contribution >= 0.6 is 11.3 Å². The molecular weight excluding hydrogens is 457 g/mol. The molecule has 0 bridgehead atoms. The predicted molar refractivity (Wildman–Crippen MR) is 125 cm³/mol. The van der Waals surface area contributed by atoms with Gasteiger partial charge in [0.1, 0.15) is 0 Å². The summed E-state index contributed by atoms with van der Waals surface area (Å²) < 4.78 is 66.3. The molecule has 2 N–H and O–H groups in total. The maximum absolute atomic E-state index is 13.2. The molecule has 0 saturated heterocycles. The Bertz CT molecular complexity index is 1400. The average Bonchev–Trinajstić information content (AvgIpc) is 3.33. The minimum atomic E-state index is -4.38. The number of aromatic amines is 1. The monoisotopic (exact) mass is 480 g/mol. The fourth-order valence-corrected chi connectivity index (χ4v) is 6.41. The first-order valence-electron chi connectivity index (χ1n) is 10.2. The quantitative estimate of drug-likeness (QED) is 0.316. The highest BCUT2D eigenvalue weighted by atomic mass is 32.2. The van der Waals surface area contributed by atoms with Crippen molar-refractivity contribution in [3.8, 4) is 0 Å². The summed E-state index contributed by atoms with van der Waals surface area (Å²) in [7, 11) is -3.45. The Morgan fingerprint density at radius 1 is 1.06 bits per heavy atom. The van der Waals surface area contributed by atoms with Gasteiger partial charge in [0, 0.05) is 26.6 Å². The Balaban J connectivity index is 1.90. The number of alkyl halides is 3. The molecule has 0 unspecified atom stereocenters. The molecule has 0 aliphatic heterocycles. The molecule has 0 atom stereocenters. The summed E-state index contributed by atoms with van der Waals surface area (Å²) in [6.07, 6.45) is 0.0736. The van der Waals surface area contributed by atoms with Gasteiger partial charge in [0.2, 0.25) is 10.0 Å². The molecule has 0 aliphatic carbocycles. The van der Waals surface area contributed by atoms with Gasteiger partial charge in [-0.05, 0) is 48.1 Å². The van der Waals surface area contributed by atoms with E-state index in [9.17, 15) is 21.6 Å². The van der Waals surface area contributed by atoms with Crippen molar-refractivity contribution < 1.29 is 21.6 Å². The van der Waals surface area contributed by atoms with Crippen molar-refractivity contribution in [3.05, 3.63) is 64.7 Å². The highest BCUT2D eigenvalue weighted by Crippen LogP contribution is 2.47. The topological polar surface area (TPSA) is 62.0 Å².